The van der Waals surface area contributed by atoms with Gasteiger partial charge in [0.1, 0.15) is 0 Å². The fourth-order valence-electron chi connectivity index (χ4n) is 2.07. The highest BCUT2D eigenvalue weighted by Crippen LogP contribution is 2.36. The first-order valence-electron chi connectivity index (χ1n) is 5.95. The second kappa shape index (κ2) is 5.86. The minimum Gasteiger partial charge on any atom is -0.377 e. The number of likely N-dealkylation sites (N-methyl/N-ethyl adjacent to an activating group) is 1. The molecule has 0 aliphatic heterocycles. The molecule has 0 spiro atoms. The van der Waals surface area contributed by atoms with E-state index in [4.69, 9.17) is 4.74 Å². The molecule has 0 rings (SSSR count). The van der Waals surface area contributed by atoms with Crippen LogP contribution in [0.1, 0.15) is 48.0 Å². The standard InChI is InChI=1S/C13H29NO/c1-11(15-9-8-14-7)13(5,6)10-12(2,3)4/h11,14H,8-10H2,1-7H3. The largest absolute Gasteiger partial charge is 0.377 e. The van der Waals surface area contributed by atoms with Gasteiger partial charge in [-0.3, -0.25) is 0 Å². The van der Waals surface area contributed by atoms with E-state index >= 15 is 0 Å². The van der Waals surface area contributed by atoms with Crippen LogP contribution in [0.25, 0.3) is 0 Å². The minimum absolute atomic E-state index is 0.242. The van der Waals surface area contributed by atoms with Gasteiger partial charge in [-0.2, -0.15) is 0 Å². The Labute approximate surface area is 95.8 Å². The zero-order valence-corrected chi connectivity index (χ0v) is 11.6. The van der Waals surface area contributed by atoms with Crippen LogP contribution in [0.3, 0.4) is 0 Å². The Hall–Kier alpha value is -0.0800. The fraction of sp³-hybridized carbons (Fsp3) is 1.00. The lowest BCUT2D eigenvalue weighted by molar-refractivity contribution is -0.0283. The van der Waals surface area contributed by atoms with Crippen LogP contribution < -0.4 is 5.32 Å². The van der Waals surface area contributed by atoms with E-state index in [1.165, 1.54) is 6.42 Å². The maximum absolute atomic E-state index is 5.83. The molecule has 0 aromatic carbocycles. The quantitative estimate of drug-likeness (QED) is 0.688. The molecule has 0 aromatic rings. The molecular weight excluding hydrogens is 186 g/mol. The lowest BCUT2D eigenvalue weighted by Crippen LogP contribution is -2.34. The van der Waals surface area contributed by atoms with E-state index in [1.54, 1.807) is 0 Å². The summed E-state index contributed by atoms with van der Waals surface area (Å²) in [6.45, 7) is 15.4. The van der Waals surface area contributed by atoms with E-state index in [-0.39, 0.29) is 5.41 Å². The first-order chi connectivity index (χ1) is 6.69. The Balaban J connectivity index is 4.08. The molecule has 0 radical (unpaired) electrons. The molecule has 2 nitrogen and oxygen atoms in total. The average Bonchev–Trinajstić information content (AvgIpc) is 2.00. The van der Waals surface area contributed by atoms with Crippen molar-refractivity contribution in [3.05, 3.63) is 0 Å². The summed E-state index contributed by atoms with van der Waals surface area (Å²) in [6, 6.07) is 0. The molecule has 0 fully saturated rings. The van der Waals surface area contributed by atoms with Crippen LogP contribution in [-0.4, -0.2) is 26.3 Å². The third-order valence-corrected chi connectivity index (χ3v) is 2.81. The monoisotopic (exact) mass is 215 g/mol. The van der Waals surface area contributed by atoms with E-state index < -0.39 is 0 Å². The molecule has 0 heterocycles. The fourth-order valence-corrected chi connectivity index (χ4v) is 2.07. The maximum Gasteiger partial charge on any atom is 0.0598 e. The van der Waals surface area contributed by atoms with Gasteiger partial charge in [0, 0.05) is 6.54 Å². The predicted molar refractivity (Wildman–Crippen MR) is 67.2 cm³/mol. The van der Waals surface area contributed by atoms with Crippen LogP contribution in [0.2, 0.25) is 0 Å². The van der Waals surface area contributed by atoms with Crippen LogP contribution in [0.5, 0.6) is 0 Å². The number of hydrogen-bond acceptors (Lipinski definition) is 2. The molecule has 1 N–H and O–H groups in total. The summed E-state index contributed by atoms with van der Waals surface area (Å²) >= 11 is 0. The highest BCUT2D eigenvalue weighted by Gasteiger charge is 2.31. The Bertz CT molecular complexity index is 170. The van der Waals surface area contributed by atoms with E-state index in [0.29, 0.717) is 11.5 Å². The van der Waals surface area contributed by atoms with Crippen molar-refractivity contribution in [2.24, 2.45) is 10.8 Å². The lowest BCUT2D eigenvalue weighted by atomic mass is 9.73. The van der Waals surface area contributed by atoms with E-state index in [2.05, 4.69) is 46.9 Å². The number of rotatable bonds is 6. The molecule has 0 saturated heterocycles. The second-order valence-electron chi connectivity index (χ2n) is 6.34. The summed E-state index contributed by atoms with van der Waals surface area (Å²) in [4.78, 5) is 0. The van der Waals surface area contributed by atoms with E-state index in [9.17, 15) is 0 Å². The molecule has 92 valence electrons. The summed E-state index contributed by atoms with van der Waals surface area (Å²) < 4.78 is 5.83. The van der Waals surface area contributed by atoms with Gasteiger partial charge in [0.05, 0.1) is 12.7 Å². The first kappa shape index (κ1) is 14.9. The van der Waals surface area contributed by atoms with Crippen molar-refractivity contribution < 1.29 is 4.74 Å². The molecule has 0 aliphatic carbocycles. The number of hydrogen-bond donors (Lipinski definition) is 1. The van der Waals surface area contributed by atoms with Crippen LogP contribution >= 0.6 is 0 Å². The third-order valence-electron chi connectivity index (χ3n) is 2.81. The topological polar surface area (TPSA) is 21.3 Å². The molecule has 2 heteroatoms. The molecule has 15 heavy (non-hydrogen) atoms. The van der Waals surface area contributed by atoms with Gasteiger partial charge >= 0.3 is 0 Å². The van der Waals surface area contributed by atoms with Gasteiger partial charge in [0.15, 0.2) is 0 Å². The molecule has 0 saturated carbocycles. The number of nitrogens with one attached hydrogen (secondary N) is 1. The van der Waals surface area contributed by atoms with Gasteiger partial charge < -0.3 is 10.1 Å². The van der Waals surface area contributed by atoms with Gasteiger partial charge in [-0.05, 0) is 31.2 Å². The Kier molecular flexibility index (Phi) is 5.82. The van der Waals surface area contributed by atoms with Gasteiger partial charge in [-0.1, -0.05) is 34.6 Å². The molecular formula is C13H29NO. The third kappa shape index (κ3) is 6.91. The van der Waals surface area contributed by atoms with Crippen molar-refractivity contribution in [1.29, 1.82) is 0 Å². The van der Waals surface area contributed by atoms with Crippen molar-refractivity contribution in [2.45, 2.75) is 54.1 Å². The predicted octanol–water partition coefficient (Wildman–Crippen LogP) is 3.07. The van der Waals surface area contributed by atoms with E-state index in [0.717, 1.165) is 13.2 Å². The van der Waals surface area contributed by atoms with Crippen molar-refractivity contribution in [1.82, 2.24) is 5.32 Å². The average molecular weight is 215 g/mol. The summed E-state index contributed by atoms with van der Waals surface area (Å²) in [6.07, 6.45) is 1.49. The zero-order valence-electron chi connectivity index (χ0n) is 11.6. The smallest absolute Gasteiger partial charge is 0.0598 e. The Morgan fingerprint density at radius 3 is 2.07 bits per heavy atom. The Morgan fingerprint density at radius 2 is 1.67 bits per heavy atom. The SMILES string of the molecule is CNCCOC(C)C(C)(C)CC(C)(C)C. The van der Waals surface area contributed by atoms with Gasteiger partial charge in [-0.25, -0.2) is 0 Å². The summed E-state index contributed by atoms with van der Waals surface area (Å²) in [7, 11) is 1.95. The zero-order chi connectivity index (χ0) is 12.1. The van der Waals surface area contributed by atoms with Crippen molar-refractivity contribution in [3.8, 4) is 0 Å². The van der Waals surface area contributed by atoms with Crippen LogP contribution in [0, 0.1) is 10.8 Å². The maximum atomic E-state index is 5.83. The summed E-state index contributed by atoms with van der Waals surface area (Å²) in [5.41, 5.74) is 0.607. The molecule has 0 aliphatic rings. The van der Waals surface area contributed by atoms with Crippen LogP contribution in [-0.2, 0) is 4.74 Å². The van der Waals surface area contributed by atoms with Gasteiger partial charge in [-0.15, -0.1) is 0 Å². The van der Waals surface area contributed by atoms with Crippen molar-refractivity contribution >= 4 is 0 Å². The summed E-state index contributed by atoms with van der Waals surface area (Å²) in [5.74, 6) is 0. The highest BCUT2D eigenvalue weighted by molar-refractivity contribution is 4.81. The number of ether oxygens (including phenoxy) is 1. The lowest BCUT2D eigenvalue weighted by Gasteiger charge is -2.37. The van der Waals surface area contributed by atoms with Gasteiger partial charge in [0.25, 0.3) is 0 Å². The van der Waals surface area contributed by atoms with Crippen LogP contribution in [0.15, 0.2) is 0 Å². The highest BCUT2D eigenvalue weighted by atomic mass is 16.5. The molecule has 0 bridgehead atoms. The Morgan fingerprint density at radius 1 is 1.13 bits per heavy atom. The normalized spacial score (nSPS) is 15.4. The van der Waals surface area contributed by atoms with Crippen molar-refractivity contribution in [3.63, 3.8) is 0 Å². The van der Waals surface area contributed by atoms with E-state index in [1.807, 2.05) is 7.05 Å². The van der Waals surface area contributed by atoms with Gasteiger partial charge in [0.2, 0.25) is 0 Å². The molecule has 1 unspecified atom stereocenters. The minimum atomic E-state index is 0.242. The molecule has 1 atom stereocenters. The van der Waals surface area contributed by atoms with Crippen LogP contribution in [0.4, 0.5) is 0 Å². The first-order valence-corrected chi connectivity index (χ1v) is 5.95. The molecule has 0 amide bonds. The van der Waals surface area contributed by atoms with Crippen molar-refractivity contribution in [2.75, 3.05) is 20.2 Å². The molecule has 0 aromatic heterocycles. The second-order valence-corrected chi connectivity index (χ2v) is 6.34. The summed E-state index contributed by atoms with van der Waals surface area (Å²) in [5, 5.41) is 3.10.